The molecule has 3 heteroatoms. The van der Waals surface area contributed by atoms with Crippen molar-refractivity contribution in [1.29, 1.82) is 0 Å². The van der Waals surface area contributed by atoms with Crippen LogP contribution in [0, 0.1) is 11.7 Å². The summed E-state index contributed by atoms with van der Waals surface area (Å²) in [6, 6.07) is 6.01. The van der Waals surface area contributed by atoms with Gasteiger partial charge in [0, 0.05) is 6.04 Å². The van der Waals surface area contributed by atoms with Crippen LogP contribution in [0.4, 0.5) is 4.39 Å². The minimum Gasteiger partial charge on any atom is -0.494 e. The molecule has 1 unspecified atom stereocenters. The molecule has 0 radical (unpaired) electrons. The van der Waals surface area contributed by atoms with E-state index in [0.29, 0.717) is 11.7 Å². The summed E-state index contributed by atoms with van der Waals surface area (Å²) < 4.78 is 18.5. The summed E-state index contributed by atoms with van der Waals surface area (Å²) in [5.41, 5.74) is 1.05. The van der Waals surface area contributed by atoms with Gasteiger partial charge in [0.2, 0.25) is 0 Å². The van der Waals surface area contributed by atoms with E-state index in [1.165, 1.54) is 20.0 Å². The third-order valence-electron chi connectivity index (χ3n) is 3.59. The highest BCUT2D eigenvalue weighted by molar-refractivity contribution is 5.29. The predicted molar refractivity (Wildman–Crippen MR) is 71.5 cm³/mol. The van der Waals surface area contributed by atoms with Gasteiger partial charge in [-0.15, -0.1) is 0 Å². The minimum absolute atomic E-state index is 0.264. The fraction of sp³-hybridized carbons (Fsp3) is 0.600. The molecule has 1 aliphatic carbocycles. The van der Waals surface area contributed by atoms with E-state index in [-0.39, 0.29) is 5.82 Å². The normalized spacial score (nSPS) is 16.6. The summed E-state index contributed by atoms with van der Waals surface area (Å²) >= 11 is 0. The van der Waals surface area contributed by atoms with Gasteiger partial charge in [0.25, 0.3) is 0 Å². The van der Waals surface area contributed by atoms with Crippen LogP contribution in [0.15, 0.2) is 18.2 Å². The van der Waals surface area contributed by atoms with Gasteiger partial charge < -0.3 is 10.1 Å². The van der Waals surface area contributed by atoms with Crippen LogP contribution < -0.4 is 10.1 Å². The first-order chi connectivity index (χ1) is 8.72. The Morgan fingerprint density at radius 2 is 2.22 bits per heavy atom. The molecule has 0 saturated heterocycles. The fourth-order valence-corrected chi connectivity index (χ4v) is 2.15. The molecule has 1 saturated carbocycles. The topological polar surface area (TPSA) is 21.3 Å². The summed E-state index contributed by atoms with van der Waals surface area (Å²) in [6.45, 7) is 3.23. The molecule has 0 amide bonds. The second kappa shape index (κ2) is 6.19. The largest absolute Gasteiger partial charge is 0.494 e. The molecule has 0 heterocycles. The molecule has 1 fully saturated rings. The molecule has 0 aromatic heterocycles. The second-order valence-corrected chi connectivity index (χ2v) is 5.13. The van der Waals surface area contributed by atoms with Gasteiger partial charge >= 0.3 is 0 Å². The Morgan fingerprint density at radius 1 is 1.44 bits per heavy atom. The molecule has 2 rings (SSSR count). The Morgan fingerprint density at radius 3 is 2.78 bits per heavy atom. The van der Waals surface area contributed by atoms with E-state index in [2.05, 4.69) is 12.2 Å². The molecule has 18 heavy (non-hydrogen) atoms. The van der Waals surface area contributed by atoms with Crippen molar-refractivity contribution in [2.24, 2.45) is 5.92 Å². The van der Waals surface area contributed by atoms with E-state index in [4.69, 9.17) is 4.74 Å². The first-order valence-electron chi connectivity index (χ1n) is 6.78. The fourth-order valence-electron chi connectivity index (χ4n) is 2.15. The van der Waals surface area contributed by atoms with Crippen molar-refractivity contribution in [2.75, 3.05) is 13.7 Å². The van der Waals surface area contributed by atoms with Gasteiger partial charge in [0.1, 0.15) is 0 Å². The minimum atomic E-state index is -0.264. The van der Waals surface area contributed by atoms with Crippen LogP contribution >= 0.6 is 0 Å². The zero-order valence-electron chi connectivity index (χ0n) is 11.2. The first-order valence-corrected chi connectivity index (χ1v) is 6.78. The van der Waals surface area contributed by atoms with Gasteiger partial charge in [-0.1, -0.05) is 19.4 Å². The van der Waals surface area contributed by atoms with Crippen LogP contribution in [0.25, 0.3) is 0 Å². The zero-order chi connectivity index (χ0) is 13.0. The van der Waals surface area contributed by atoms with Gasteiger partial charge in [-0.25, -0.2) is 4.39 Å². The molecule has 0 spiro atoms. The lowest BCUT2D eigenvalue weighted by atomic mass is 9.96. The van der Waals surface area contributed by atoms with E-state index in [1.807, 2.05) is 6.07 Å². The van der Waals surface area contributed by atoms with Crippen molar-refractivity contribution in [3.05, 3.63) is 29.6 Å². The van der Waals surface area contributed by atoms with Gasteiger partial charge in [-0.3, -0.25) is 0 Å². The Bertz CT molecular complexity index is 390. The molecule has 0 aliphatic heterocycles. The molecule has 1 aliphatic rings. The standard InChI is InChI=1S/C15H22FNO/c1-3-11(10-17-13-5-6-13)8-12-4-7-15(18-2)14(16)9-12/h4,7,9,11,13,17H,3,5-6,8,10H2,1-2H3. The molecule has 1 N–H and O–H groups in total. The van der Waals surface area contributed by atoms with Crippen molar-refractivity contribution in [3.63, 3.8) is 0 Å². The molecule has 1 aromatic rings. The lowest BCUT2D eigenvalue weighted by molar-refractivity contribution is 0.385. The highest BCUT2D eigenvalue weighted by Gasteiger charge is 2.21. The number of ether oxygens (including phenoxy) is 1. The monoisotopic (exact) mass is 251 g/mol. The maximum absolute atomic E-state index is 13.6. The third kappa shape index (κ3) is 3.70. The summed E-state index contributed by atoms with van der Waals surface area (Å²) in [5, 5.41) is 3.55. The van der Waals surface area contributed by atoms with E-state index >= 15 is 0 Å². The molecular formula is C15H22FNO. The highest BCUT2D eigenvalue weighted by atomic mass is 19.1. The van der Waals surface area contributed by atoms with Crippen molar-refractivity contribution in [3.8, 4) is 5.75 Å². The predicted octanol–water partition coefficient (Wildman–Crippen LogP) is 3.16. The van der Waals surface area contributed by atoms with Crippen molar-refractivity contribution in [2.45, 2.75) is 38.6 Å². The van der Waals surface area contributed by atoms with E-state index in [9.17, 15) is 4.39 Å². The van der Waals surface area contributed by atoms with E-state index < -0.39 is 0 Å². The Kier molecular flexibility index (Phi) is 4.59. The maximum Gasteiger partial charge on any atom is 0.165 e. The Balaban J connectivity index is 1.90. The molecule has 1 atom stereocenters. The van der Waals surface area contributed by atoms with Crippen LogP contribution in [0.3, 0.4) is 0 Å². The average Bonchev–Trinajstić information content (AvgIpc) is 3.18. The van der Waals surface area contributed by atoms with Crippen LogP contribution in [0.1, 0.15) is 31.7 Å². The number of benzene rings is 1. The van der Waals surface area contributed by atoms with Crippen molar-refractivity contribution in [1.82, 2.24) is 5.32 Å². The van der Waals surface area contributed by atoms with Gasteiger partial charge in [0.15, 0.2) is 11.6 Å². The molecule has 2 nitrogen and oxygen atoms in total. The number of hydrogen-bond acceptors (Lipinski definition) is 2. The Labute approximate surface area is 109 Å². The lowest BCUT2D eigenvalue weighted by Gasteiger charge is -2.16. The number of hydrogen-bond donors (Lipinski definition) is 1. The SMILES string of the molecule is CCC(CNC1CC1)Cc1ccc(OC)c(F)c1. The quantitative estimate of drug-likeness (QED) is 0.803. The van der Waals surface area contributed by atoms with Gasteiger partial charge in [-0.2, -0.15) is 0 Å². The van der Waals surface area contributed by atoms with Gasteiger partial charge in [-0.05, 0) is 49.4 Å². The maximum atomic E-state index is 13.6. The smallest absolute Gasteiger partial charge is 0.165 e. The van der Waals surface area contributed by atoms with Crippen molar-refractivity contribution >= 4 is 0 Å². The van der Waals surface area contributed by atoms with Crippen LogP contribution in [0.2, 0.25) is 0 Å². The van der Waals surface area contributed by atoms with Gasteiger partial charge in [0.05, 0.1) is 7.11 Å². The number of methoxy groups -OCH3 is 1. The van der Waals surface area contributed by atoms with Crippen LogP contribution in [-0.4, -0.2) is 19.7 Å². The first kappa shape index (κ1) is 13.3. The van der Waals surface area contributed by atoms with E-state index in [0.717, 1.165) is 31.0 Å². The molecular weight excluding hydrogens is 229 g/mol. The lowest BCUT2D eigenvalue weighted by Crippen LogP contribution is -2.25. The average molecular weight is 251 g/mol. The molecule has 100 valence electrons. The van der Waals surface area contributed by atoms with E-state index in [1.54, 1.807) is 12.1 Å². The number of rotatable bonds is 7. The Hall–Kier alpha value is -1.09. The number of halogens is 1. The molecule has 1 aromatic carbocycles. The van der Waals surface area contributed by atoms with Crippen molar-refractivity contribution < 1.29 is 9.13 Å². The van der Waals surface area contributed by atoms with Crippen LogP contribution in [-0.2, 0) is 6.42 Å². The summed E-state index contributed by atoms with van der Waals surface area (Å²) in [4.78, 5) is 0. The highest BCUT2D eigenvalue weighted by Crippen LogP contribution is 2.22. The molecule has 0 bridgehead atoms. The summed E-state index contributed by atoms with van der Waals surface area (Å²) in [5.74, 6) is 0.640. The van der Waals surface area contributed by atoms with Crippen LogP contribution in [0.5, 0.6) is 5.75 Å². The number of nitrogens with one attached hydrogen (secondary N) is 1. The zero-order valence-corrected chi connectivity index (χ0v) is 11.2. The summed E-state index contributed by atoms with van der Waals surface area (Å²) in [6.07, 6.45) is 4.67. The second-order valence-electron chi connectivity index (χ2n) is 5.13. The third-order valence-corrected chi connectivity index (χ3v) is 3.59. The summed E-state index contributed by atoms with van der Waals surface area (Å²) in [7, 11) is 1.49.